The van der Waals surface area contributed by atoms with E-state index in [0.29, 0.717) is 6.42 Å². The van der Waals surface area contributed by atoms with Crippen molar-refractivity contribution in [3.63, 3.8) is 0 Å². The molecule has 0 bridgehead atoms. The Balaban J connectivity index is 2.52. The van der Waals surface area contributed by atoms with Gasteiger partial charge in [0, 0.05) is 0 Å². The maximum absolute atomic E-state index is 11.2. The van der Waals surface area contributed by atoms with E-state index in [-0.39, 0.29) is 24.3 Å². The number of unbranched alkanes of at least 4 members (excludes halogenated alkanes) is 1. The van der Waals surface area contributed by atoms with Crippen LogP contribution in [-0.2, 0) is 14.3 Å². The first kappa shape index (κ1) is 12.0. The van der Waals surface area contributed by atoms with Crippen LogP contribution in [-0.4, -0.2) is 11.9 Å². The maximum atomic E-state index is 11.2. The summed E-state index contributed by atoms with van der Waals surface area (Å²) in [6.45, 7) is 4.20. The van der Waals surface area contributed by atoms with Crippen LogP contribution < -0.4 is 0 Å². The fourth-order valence-electron chi connectivity index (χ4n) is 1.71. The van der Waals surface area contributed by atoms with Gasteiger partial charge in [0.2, 0.25) is 0 Å². The number of carbonyl (C=O) groups is 2. The van der Waals surface area contributed by atoms with Crippen molar-refractivity contribution in [1.82, 2.24) is 0 Å². The molecule has 1 saturated heterocycles. The van der Waals surface area contributed by atoms with E-state index in [4.69, 9.17) is 0 Å². The Morgan fingerprint density at radius 1 is 1.47 bits per heavy atom. The SMILES string of the molecule is CCC/C=C(\CC)CC1CC(=O)OC1=O. The molecule has 1 aliphatic rings. The molecule has 0 aliphatic carbocycles. The molecule has 0 spiro atoms. The molecule has 0 N–H and O–H groups in total. The minimum Gasteiger partial charge on any atom is -0.393 e. The van der Waals surface area contributed by atoms with E-state index in [2.05, 4.69) is 24.7 Å². The number of esters is 2. The van der Waals surface area contributed by atoms with Crippen LogP contribution >= 0.6 is 0 Å². The van der Waals surface area contributed by atoms with Gasteiger partial charge in [-0.1, -0.05) is 31.9 Å². The van der Waals surface area contributed by atoms with Crippen LogP contribution in [0, 0.1) is 5.92 Å². The number of rotatable bonds is 5. The monoisotopic (exact) mass is 210 g/mol. The molecule has 1 heterocycles. The summed E-state index contributed by atoms with van der Waals surface area (Å²) in [5, 5.41) is 0. The maximum Gasteiger partial charge on any atom is 0.317 e. The highest BCUT2D eigenvalue weighted by Gasteiger charge is 2.33. The Labute approximate surface area is 90.5 Å². The quantitative estimate of drug-likeness (QED) is 0.398. The molecule has 0 aromatic heterocycles. The van der Waals surface area contributed by atoms with Gasteiger partial charge >= 0.3 is 11.9 Å². The van der Waals surface area contributed by atoms with E-state index in [0.717, 1.165) is 19.3 Å². The lowest BCUT2D eigenvalue weighted by Gasteiger charge is -2.07. The standard InChI is InChI=1S/C12H18O3/c1-3-5-6-9(4-2)7-10-8-11(13)15-12(10)14/h6,10H,3-5,7-8H2,1-2H3/b9-6+. The third kappa shape index (κ3) is 3.50. The van der Waals surface area contributed by atoms with Gasteiger partial charge in [-0.15, -0.1) is 0 Å². The second-order valence-corrected chi connectivity index (χ2v) is 3.90. The van der Waals surface area contributed by atoms with Gasteiger partial charge < -0.3 is 4.74 Å². The summed E-state index contributed by atoms with van der Waals surface area (Å²) in [7, 11) is 0. The van der Waals surface area contributed by atoms with Crippen LogP contribution in [0.2, 0.25) is 0 Å². The summed E-state index contributed by atoms with van der Waals surface area (Å²) in [5.74, 6) is -0.965. The second-order valence-electron chi connectivity index (χ2n) is 3.90. The average molecular weight is 210 g/mol. The molecule has 0 aromatic rings. The highest BCUT2D eigenvalue weighted by Crippen LogP contribution is 2.25. The highest BCUT2D eigenvalue weighted by atomic mass is 16.6. The number of cyclic esters (lactones) is 2. The molecule has 3 nitrogen and oxygen atoms in total. The Bertz CT molecular complexity index is 279. The number of carbonyl (C=O) groups excluding carboxylic acids is 2. The van der Waals surface area contributed by atoms with Gasteiger partial charge in [-0.05, 0) is 19.3 Å². The smallest absolute Gasteiger partial charge is 0.317 e. The average Bonchev–Trinajstić information content (AvgIpc) is 2.52. The minimum atomic E-state index is -0.379. The van der Waals surface area contributed by atoms with Crippen LogP contribution in [0.4, 0.5) is 0 Å². The van der Waals surface area contributed by atoms with Gasteiger partial charge in [0.15, 0.2) is 0 Å². The second kappa shape index (κ2) is 5.69. The number of ether oxygens (including phenoxy) is 1. The molecule has 1 rings (SSSR count). The van der Waals surface area contributed by atoms with Crippen LogP contribution in [0.5, 0.6) is 0 Å². The van der Waals surface area contributed by atoms with Crippen LogP contribution in [0.25, 0.3) is 0 Å². The molecule has 84 valence electrons. The minimum absolute atomic E-state index is 0.236. The van der Waals surface area contributed by atoms with Gasteiger partial charge in [-0.3, -0.25) is 9.59 Å². The predicted molar refractivity (Wildman–Crippen MR) is 57.1 cm³/mol. The molecular weight excluding hydrogens is 192 g/mol. The first-order valence-corrected chi connectivity index (χ1v) is 5.59. The highest BCUT2D eigenvalue weighted by molar-refractivity contribution is 5.94. The van der Waals surface area contributed by atoms with Crippen LogP contribution in [0.1, 0.15) is 46.0 Å². The summed E-state index contributed by atoms with van der Waals surface area (Å²) in [4.78, 5) is 22.1. The summed E-state index contributed by atoms with van der Waals surface area (Å²) in [6, 6.07) is 0. The van der Waals surface area contributed by atoms with E-state index in [1.807, 2.05) is 0 Å². The van der Waals surface area contributed by atoms with Crippen molar-refractivity contribution < 1.29 is 14.3 Å². The summed E-state index contributed by atoms with van der Waals surface area (Å²) in [6.07, 6.45) is 6.20. The van der Waals surface area contributed by atoms with Gasteiger partial charge in [0.05, 0.1) is 12.3 Å². The van der Waals surface area contributed by atoms with Crippen molar-refractivity contribution in [2.24, 2.45) is 5.92 Å². The number of allylic oxidation sites excluding steroid dienone is 2. The third-order valence-electron chi connectivity index (χ3n) is 2.65. The van der Waals surface area contributed by atoms with E-state index in [9.17, 15) is 9.59 Å². The zero-order valence-electron chi connectivity index (χ0n) is 9.41. The molecule has 0 aromatic carbocycles. The van der Waals surface area contributed by atoms with Crippen molar-refractivity contribution in [3.8, 4) is 0 Å². The Morgan fingerprint density at radius 3 is 2.67 bits per heavy atom. The number of hydrogen-bond donors (Lipinski definition) is 0. The molecular formula is C12H18O3. The Hall–Kier alpha value is -1.12. The van der Waals surface area contributed by atoms with Crippen molar-refractivity contribution in [2.75, 3.05) is 0 Å². The van der Waals surface area contributed by atoms with Crippen LogP contribution in [0.15, 0.2) is 11.6 Å². The molecule has 1 unspecified atom stereocenters. The summed E-state index contributed by atoms with van der Waals surface area (Å²) >= 11 is 0. The first-order chi connectivity index (χ1) is 7.17. The van der Waals surface area contributed by atoms with E-state index in [1.54, 1.807) is 0 Å². The topological polar surface area (TPSA) is 43.4 Å². The molecule has 1 atom stereocenters. The van der Waals surface area contributed by atoms with Gasteiger partial charge in [0.25, 0.3) is 0 Å². The first-order valence-electron chi connectivity index (χ1n) is 5.59. The molecule has 3 heteroatoms. The van der Waals surface area contributed by atoms with Gasteiger partial charge in [0.1, 0.15) is 0 Å². The van der Waals surface area contributed by atoms with Gasteiger partial charge in [-0.25, -0.2) is 0 Å². The molecule has 1 aliphatic heterocycles. The Kier molecular flexibility index (Phi) is 4.53. The molecule has 0 radical (unpaired) electrons. The van der Waals surface area contributed by atoms with E-state index < -0.39 is 0 Å². The van der Waals surface area contributed by atoms with Crippen LogP contribution in [0.3, 0.4) is 0 Å². The van der Waals surface area contributed by atoms with Crippen molar-refractivity contribution in [2.45, 2.75) is 46.0 Å². The third-order valence-corrected chi connectivity index (χ3v) is 2.65. The normalized spacial score (nSPS) is 22.0. The zero-order valence-corrected chi connectivity index (χ0v) is 9.41. The summed E-state index contributed by atoms with van der Waals surface area (Å²) < 4.78 is 4.52. The van der Waals surface area contributed by atoms with Crippen molar-refractivity contribution in [3.05, 3.63) is 11.6 Å². The molecule has 1 fully saturated rings. The Morgan fingerprint density at radius 2 is 2.20 bits per heavy atom. The molecule has 15 heavy (non-hydrogen) atoms. The molecule has 0 saturated carbocycles. The molecule has 0 amide bonds. The lowest BCUT2D eigenvalue weighted by atomic mass is 9.95. The fourth-order valence-corrected chi connectivity index (χ4v) is 1.71. The predicted octanol–water partition coefficient (Wildman–Crippen LogP) is 2.60. The van der Waals surface area contributed by atoms with Gasteiger partial charge in [-0.2, -0.15) is 0 Å². The van der Waals surface area contributed by atoms with Crippen molar-refractivity contribution in [1.29, 1.82) is 0 Å². The van der Waals surface area contributed by atoms with Crippen molar-refractivity contribution >= 4 is 11.9 Å². The zero-order chi connectivity index (χ0) is 11.3. The largest absolute Gasteiger partial charge is 0.393 e. The lowest BCUT2D eigenvalue weighted by molar-refractivity contribution is -0.153. The van der Waals surface area contributed by atoms with E-state index in [1.165, 1.54) is 5.57 Å². The van der Waals surface area contributed by atoms with E-state index >= 15 is 0 Å². The number of hydrogen-bond acceptors (Lipinski definition) is 3. The lowest BCUT2D eigenvalue weighted by Crippen LogP contribution is -2.08. The summed E-state index contributed by atoms with van der Waals surface area (Å²) in [5.41, 5.74) is 1.26. The fraction of sp³-hybridized carbons (Fsp3) is 0.667.